The Hall–Kier alpha value is -11.7. The van der Waals surface area contributed by atoms with Gasteiger partial charge >= 0.3 is 11.9 Å². The van der Waals surface area contributed by atoms with Crippen LogP contribution in [-0.4, -0.2) is 238 Å². The van der Waals surface area contributed by atoms with Crippen LogP contribution in [0.5, 0.6) is 0 Å². The fraction of sp³-hybridized carbons (Fsp3) is 0.382. The van der Waals surface area contributed by atoms with Crippen molar-refractivity contribution in [1.82, 2.24) is 58.1 Å². The number of ether oxygens (including phenoxy) is 6. The Morgan fingerprint density at radius 1 is 0.387 bits per heavy atom. The predicted octanol–water partition coefficient (Wildman–Crippen LogP) is 8.93. The predicted molar refractivity (Wildman–Crippen MR) is 550 cm³/mol. The molecule has 4 aliphatic heterocycles. The zero-order valence-electron chi connectivity index (χ0n) is 85.7. The van der Waals surface area contributed by atoms with Crippen LogP contribution in [0.3, 0.4) is 0 Å². The van der Waals surface area contributed by atoms with Gasteiger partial charge in [0.1, 0.15) is 130 Å². The van der Waals surface area contributed by atoms with Gasteiger partial charge in [-0.15, -0.1) is 0 Å². The summed E-state index contributed by atoms with van der Waals surface area (Å²) in [4.78, 5) is 65.2. The standard InChI is InChI=1S/C30H36N4O5Si.C28H34N4O4Si.C16H19ClSi.C14H18N4O5.C12H16N4O4.C2H3ClO/c1-20(35)38-25-24(39-28(30(25,5)36)34-17-16-23-26(31)32-19-33-27(23)34)18-37-40(29(2,3)4,21-12-8-6-9-13-21)22-14-10-7-11-15-22;1-27(2,3)37(19-11-7-5-8-12-19,20-13-9-6-10-14-20)35-17-22-23(33)28(4,34)26(36-22)32-16-15-21-24(29)30-18-31-25(21)32;1-16(2,3)18(17,14-10-6-4-7-11-14)15-12-8-5-9-13-15;1-7(20)22-10-9(5-19)23-13(14(10,2)21)18-4-3-8-11(15)16-6-17-12(8)18;1-12(19)8(18)7(4-17)20-11(12)16-3-2-6-9(13)14-5-15-10(6)16;1-2(3)4/h6-17,19,24-25,28,36H,18H2,1-5H3,(H2,31,32,33);5-16,18,22-23,26,33-34H,17H2,1-4H3,(H2,29,30,31);4-13H,1-3H3;3-4,6,9-10,13,19,21H,5H2,1-2H3,(H2,15,16,17);2-3,5,7-8,11,17-19H,4H2,1H3,(H2,13,14,15);1H3/i16T;15T;;3T;2T;. The van der Waals surface area contributed by atoms with E-state index in [1.807, 2.05) is 84.9 Å². The van der Waals surface area contributed by atoms with E-state index in [0.29, 0.717) is 44.1 Å². The summed E-state index contributed by atoms with van der Waals surface area (Å²) in [6.07, 6.45) is -1.36. The molecule has 12 heterocycles. The van der Waals surface area contributed by atoms with Crippen LogP contribution >= 0.6 is 22.7 Å². The van der Waals surface area contributed by atoms with E-state index in [1.165, 1.54) is 111 Å². The maximum absolute atomic E-state index is 12.2. The van der Waals surface area contributed by atoms with Crippen LogP contribution in [-0.2, 0) is 51.7 Å². The maximum Gasteiger partial charge on any atom is 0.303 e. The number of nitrogen functional groups attached to an aromatic ring is 4. The molecule has 18 rings (SSSR count). The van der Waals surface area contributed by atoms with E-state index in [1.54, 1.807) is 16.1 Å². The molecule has 142 heavy (non-hydrogen) atoms. The molecule has 14 aromatic rings. The van der Waals surface area contributed by atoms with Crippen LogP contribution in [0, 0.1) is 0 Å². The molecule has 4 saturated heterocycles. The molecule has 0 spiro atoms. The Morgan fingerprint density at radius 2 is 0.620 bits per heavy atom. The first-order valence-electron chi connectivity index (χ1n) is 47.9. The van der Waals surface area contributed by atoms with E-state index in [-0.39, 0.29) is 81.0 Å². The molecular formula is C102H126Cl2N16O19Si3. The third kappa shape index (κ3) is 21.4. The fourth-order valence-electron chi connectivity index (χ4n) is 19.0. The first-order chi connectivity index (χ1) is 68.7. The highest BCUT2D eigenvalue weighted by atomic mass is 35.6. The van der Waals surface area contributed by atoms with Crippen LogP contribution in [0.2, 0.25) is 15.1 Å². The number of carbonyl (C=O) groups is 3. The molecule has 0 amide bonds. The van der Waals surface area contributed by atoms with Gasteiger partial charge in [-0.1, -0.05) is 244 Å². The zero-order valence-corrected chi connectivity index (χ0v) is 86.2. The van der Waals surface area contributed by atoms with Gasteiger partial charge < -0.3 is 119 Å². The molecule has 0 radical (unpaired) electrons. The van der Waals surface area contributed by atoms with Gasteiger partial charge in [0.2, 0.25) is 12.6 Å². The van der Waals surface area contributed by atoms with Gasteiger partial charge in [-0.25, -0.2) is 39.9 Å². The number of esters is 2. The third-order valence-electron chi connectivity index (χ3n) is 25.8. The van der Waals surface area contributed by atoms with Crippen molar-refractivity contribution in [3.63, 3.8) is 0 Å². The van der Waals surface area contributed by atoms with Gasteiger partial charge in [0.15, 0.2) is 37.1 Å². The lowest BCUT2D eigenvalue weighted by Crippen LogP contribution is -2.67. The van der Waals surface area contributed by atoms with Gasteiger partial charge in [0, 0.05) is 45.6 Å². The highest BCUT2D eigenvalue weighted by molar-refractivity contribution is 7.35. The number of fused-ring (bicyclic) bond motifs is 4. The minimum atomic E-state index is -2.96. The van der Waals surface area contributed by atoms with Crippen LogP contribution in [0.1, 0.15) is 141 Å². The Labute approximate surface area is 841 Å². The molecule has 40 heteroatoms. The molecule has 0 bridgehead atoms. The number of carbonyl (C=O) groups excluding carboxylic acids is 3. The average molecular weight is 2040 g/mol. The van der Waals surface area contributed by atoms with E-state index in [2.05, 4.69) is 211 Å². The smallest absolute Gasteiger partial charge is 0.303 e. The third-order valence-corrected chi connectivity index (χ3v) is 43.2. The van der Waals surface area contributed by atoms with Gasteiger partial charge in [0.25, 0.3) is 16.6 Å². The molecule has 0 aliphatic carbocycles. The molecule has 4 fully saturated rings. The summed E-state index contributed by atoms with van der Waals surface area (Å²) in [7, 11) is -8.08. The van der Waals surface area contributed by atoms with E-state index in [9.17, 15) is 55.2 Å². The lowest BCUT2D eigenvalue weighted by Gasteiger charge is -2.43. The van der Waals surface area contributed by atoms with Crippen molar-refractivity contribution in [2.75, 3.05) is 49.4 Å². The highest BCUT2D eigenvalue weighted by Crippen LogP contribution is 2.49. The van der Waals surface area contributed by atoms with Crippen LogP contribution < -0.4 is 54.1 Å². The first kappa shape index (κ1) is 102. The topological polar surface area (TPSA) is 514 Å². The first-order valence-corrected chi connectivity index (χ1v) is 53.1. The van der Waals surface area contributed by atoms with Crippen molar-refractivity contribution in [3.8, 4) is 0 Å². The molecule has 6 aromatic carbocycles. The number of benzene rings is 6. The van der Waals surface area contributed by atoms with Crippen LogP contribution in [0.25, 0.3) is 44.1 Å². The van der Waals surface area contributed by atoms with Crippen molar-refractivity contribution < 1.29 is 98.0 Å². The maximum atomic E-state index is 12.2. The Morgan fingerprint density at radius 3 is 0.873 bits per heavy atom. The van der Waals surface area contributed by atoms with Crippen LogP contribution in [0.4, 0.5) is 23.3 Å². The number of hydrogen-bond donors (Lipinski definition) is 12. The SMILES string of the molecule is CC(=O)Cl.CC(C)(C)[Si](Cl)(c1ccccc1)c1ccccc1.[3H]c1cn(C2OC(CO)C(O)C2(C)O)c2ncnc(N)c12.[3H]c1cn(C2OC(CO)C(OC(C)=O)C2(C)O)c2ncnc(N)c12.[3H]c1cn(C2OC(CO[Si](c3ccccc3)(c3ccccc3)C(C)(C)C)C(O)C2(C)O)c2ncnc(N)c12.[3H]c1cn(C2OC(CO[Si](c3ccccc3)(c3ccccc3)C(C)(C)C)C(OC(C)=O)C2(C)O)c2ncnc(N)c12. The summed E-state index contributed by atoms with van der Waals surface area (Å²) in [5.74, 6) is -0.548. The van der Waals surface area contributed by atoms with Crippen molar-refractivity contribution >= 4 is 162 Å². The van der Waals surface area contributed by atoms with E-state index in [4.69, 9.17) is 76.8 Å². The molecule has 0 saturated carbocycles. The largest absolute Gasteiger partial charge is 0.456 e. The number of anilines is 4. The molecule has 8 aromatic heterocycles. The molecule has 4 aliphatic rings. The molecular weight excluding hydrogens is 1910 g/mol. The van der Waals surface area contributed by atoms with Crippen molar-refractivity contribution in [1.29, 1.82) is 0 Å². The monoisotopic (exact) mass is 2040 g/mol. The summed E-state index contributed by atoms with van der Waals surface area (Å²) in [6, 6.07) is 62.2. The van der Waals surface area contributed by atoms with Gasteiger partial charge in [0.05, 0.1) is 53.5 Å². The summed E-state index contributed by atoms with van der Waals surface area (Å²) in [5.41, 5.74) is 18.2. The van der Waals surface area contributed by atoms with E-state index in [0.717, 1.165) is 20.7 Å². The van der Waals surface area contributed by atoms with Gasteiger partial charge in [-0.05, 0) is 110 Å². The quantitative estimate of drug-likeness (QED) is 0.0146. The van der Waals surface area contributed by atoms with Crippen molar-refractivity contribution in [3.05, 3.63) is 256 Å². The summed E-state index contributed by atoms with van der Waals surface area (Å²) in [5, 5.41) is 92.1. The molecule has 16 atom stereocenters. The second-order valence-electron chi connectivity index (χ2n) is 38.9. The Bertz CT molecular complexity index is 6760. The molecule has 35 nitrogen and oxygen atoms in total. The number of aromatic nitrogens is 12. The highest BCUT2D eigenvalue weighted by Gasteiger charge is 2.62. The number of hydrogen-bond acceptors (Lipinski definition) is 31. The number of aliphatic hydroxyl groups is 8. The van der Waals surface area contributed by atoms with E-state index >= 15 is 0 Å². The Balaban J connectivity index is 0.000000156. The molecule has 16 N–H and O–H groups in total. The summed E-state index contributed by atoms with van der Waals surface area (Å²) in [6.45, 7) is 28.7. The minimum Gasteiger partial charge on any atom is -0.456 e. The number of nitrogens with zero attached hydrogens (tertiary/aromatic N) is 12. The fourth-order valence-corrected chi connectivity index (χ4v) is 32.2. The second kappa shape index (κ2) is 43.4. The van der Waals surface area contributed by atoms with E-state index < -0.39 is 145 Å². The number of halogens is 2. The molecule has 754 valence electrons. The lowest BCUT2D eigenvalue weighted by molar-refractivity contribution is -0.161. The zero-order chi connectivity index (χ0) is 107. The number of nitrogens with two attached hydrogens (primary N) is 4. The van der Waals surface area contributed by atoms with Gasteiger partial charge in [-0.3, -0.25) is 14.4 Å². The number of rotatable bonds is 20. The van der Waals surface area contributed by atoms with Crippen molar-refractivity contribution in [2.45, 2.75) is 222 Å². The Kier molecular flexibility index (Phi) is 31.1. The molecule has 16 unspecified atom stereocenters. The van der Waals surface area contributed by atoms with Crippen molar-refractivity contribution in [2.24, 2.45) is 0 Å². The number of aliphatic hydroxyl groups excluding tert-OH is 4. The second-order valence-corrected chi connectivity index (χ2v) is 53.8. The average Bonchev–Trinajstić information content (AvgIpc) is 1.44. The summed E-state index contributed by atoms with van der Waals surface area (Å²) < 4.78 is 87.5. The minimum absolute atomic E-state index is 0.0436. The lowest BCUT2D eigenvalue weighted by atomic mass is 9.96. The summed E-state index contributed by atoms with van der Waals surface area (Å²) >= 11 is 11.8. The normalized spacial score (nSPS) is 24.9. The van der Waals surface area contributed by atoms with Crippen LogP contribution in [0.15, 0.2) is 256 Å². The van der Waals surface area contributed by atoms with Gasteiger partial charge in [-0.2, -0.15) is 11.1 Å².